The number of para-hydroxylation sites is 2. The number of nitrogens with zero attached hydrogens (tertiary/aromatic N) is 4. The number of carbonyl (C=O) groups is 2. The Kier molecular flexibility index (Phi) is 5.23. The molecule has 1 aromatic carbocycles. The largest absolute Gasteiger partial charge is 0.346 e. The molecular formula is C29H26N6O2S. The van der Waals surface area contributed by atoms with Crippen molar-refractivity contribution in [2.45, 2.75) is 25.3 Å². The van der Waals surface area contributed by atoms with Crippen LogP contribution in [-0.4, -0.2) is 49.3 Å². The molecule has 5 heterocycles. The first-order valence-corrected chi connectivity index (χ1v) is 13.6. The number of nitrogens with one attached hydrogen (secondary N) is 2. The Bertz CT molecular complexity index is 1720. The molecule has 4 aromatic heterocycles. The standard InChI is InChI=1S/C29H26N6O2S/c1-2-25(36)34-14-11-29(17-34)15-18(16-29)35-22-6-4-3-5-21(22)32-28(35)33-27(37)24-8-7-23(38-24)19-9-12-30-26-20(19)10-13-31-26/h2-10,12-13,18H,1,11,14-17H2,(H,30,31)(H,32,33,37). The number of imidazole rings is 1. The monoisotopic (exact) mass is 522 g/mol. The van der Waals surface area contributed by atoms with Crippen molar-refractivity contribution in [1.82, 2.24) is 24.4 Å². The van der Waals surface area contributed by atoms with Gasteiger partial charge in [0.05, 0.1) is 15.9 Å². The topological polar surface area (TPSA) is 95.9 Å². The number of amides is 2. The maximum absolute atomic E-state index is 13.4. The maximum Gasteiger partial charge on any atom is 0.268 e. The van der Waals surface area contributed by atoms with Crippen molar-refractivity contribution in [3.63, 3.8) is 0 Å². The van der Waals surface area contributed by atoms with Crippen LogP contribution in [0.25, 0.3) is 32.5 Å². The van der Waals surface area contributed by atoms with Crippen LogP contribution in [0.3, 0.4) is 0 Å². The van der Waals surface area contributed by atoms with Gasteiger partial charge < -0.3 is 14.5 Å². The quantitative estimate of drug-likeness (QED) is 0.292. The molecule has 1 saturated heterocycles. The lowest BCUT2D eigenvalue weighted by atomic mass is 9.65. The van der Waals surface area contributed by atoms with E-state index in [1.165, 1.54) is 17.4 Å². The van der Waals surface area contributed by atoms with E-state index in [9.17, 15) is 9.59 Å². The highest BCUT2D eigenvalue weighted by molar-refractivity contribution is 7.17. The summed E-state index contributed by atoms with van der Waals surface area (Å²) < 4.78 is 2.18. The normalized spacial score (nSPS) is 20.7. The Morgan fingerprint density at radius 1 is 1.16 bits per heavy atom. The van der Waals surface area contributed by atoms with Gasteiger partial charge in [-0.15, -0.1) is 11.3 Å². The van der Waals surface area contributed by atoms with E-state index in [0.717, 1.165) is 64.9 Å². The van der Waals surface area contributed by atoms with Gasteiger partial charge in [0.2, 0.25) is 11.9 Å². The summed E-state index contributed by atoms with van der Waals surface area (Å²) in [4.78, 5) is 41.4. The third-order valence-corrected chi connectivity index (χ3v) is 9.12. The molecular weight excluding hydrogens is 496 g/mol. The van der Waals surface area contributed by atoms with Gasteiger partial charge >= 0.3 is 0 Å². The number of likely N-dealkylation sites (tertiary alicyclic amines) is 1. The number of H-pyrrole nitrogens is 1. The molecule has 2 N–H and O–H groups in total. The molecule has 190 valence electrons. The van der Waals surface area contributed by atoms with Crippen molar-refractivity contribution >= 4 is 51.2 Å². The van der Waals surface area contributed by atoms with Crippen LogP contribution in [0.15, 0.2) is 73.6 Å². The second kappa shape index (κ2) is 8.66. The molecule has 8 nitrogen and oxygen atoms in total. The lowest BCUT2D eigenvalue weighted by Crippen LogP contribution is -2.42. The van der Waals surface area contributed by atoms with Gasteiger partial charge in [0.15, 0.2) is 0 Å². The summed E-state index contributed by atoms with van der Waals surface area (Å²) in [6.45, 7) is 5.18. The van der Waals surface area contributed by atoms with Crippen LogP contribution < -0.4 is 5.32 Å². The van der Waals surface area contributed by atoms with E-state index in [0.29, 0.717) is 10.8 Å². The molecule has 2 amide bonds. The Hall–Kier alpha value is -4.24. The molecule has 0 bridgehead atoms. The van der Waals surface area contributed by atoms with E-state index < -0.39 is 0 Å². The van der Waals surface area contributed by atoms with E-state index >= 15 is 0 Å². The summed E-state index contributed by atoms with van der Waals surface area (Å²) in [5, 5.41) is 4.13. The number of aromatic nitrogens is 4. The number of hydrogen-bond acceptors (Lipinski definition) is 5. The second-order valence-corrected chi connectivity index (χ2v) is 11.4. The Morgan fingerprint density at radius 3 is 2.89 bits per heavy atom. The van der Waals surface area contributed by atoms with Crippen molar-refractivity contribution in [3.8, 4) is 10.4 Å². The number of anilines is 1. The fourth-order valence-corrected chi connectivity index (χ4v) is 7.09. The fourth-order valence-electron chi connectivity index (χ4n) is 6.15. The first-order valence-electron chi connectivity index (χ1n) is 12.8. The molecule has 9 heteroatoms. The van der Waals surface area contributed by atoms with Gasteiger partial charge in [-0.25, -0.2) is 9.97 Å². The molecule has 2 aliphatic rings. The van der Waals surface area contributed by atoms with E-state index in [-0.39, 0.29) is 23.3 Å². The van der Waals surface area contributed by atoms with Crippen molar-refractivity contribution in [1.29, 1.82) is 0 Å². The van der Waals surface area contributed by atoms with Gasteiger partial charge in [-0.1, -0.05) is 18.7 Å². The zero-order valence-electron chi connectivity index (χ0n) is 20.7. The molecule has 7 rings (SSSR count). The first-order chi connectivity index (χ1) is 18.5. The first kappa shape index (κ1) is 22.9. The number of carbonyl (C=O) groups excluding carboxylic acids is 2. The van der Waals surface area contributed by atoms with Gasteiger partial charge in [0.25, 0.3) is 5.91 Å². The number of thiophene rings is 1. The summed E-state index contributed by atoms with van der Waals surface area (Å²) >= 11 is 1.46. The molecule has 38 heavy (non-hydrogen) atoms. The smallest absolute Gasteiger partial charge is 0.268 e. The number of hydrogen-bond donors (Lipinski definition) is 2. The van der Waals surface area contributed by atoms with E-state index in [1.54, 1.807) is 6.20 Å². The second-order valence-electron chi connectivity index (χ2n) is 10.3. The van der Waals surface area contributed by atoms with Gasteiger partial charge in [0, 0.05) is 47.4 Å². The summed E-state index contributed by atoms with van der Waals surface area (Å²) in [5.41, 5.74) is 3.88. The molecule has 0 unspecified atom stereocenters. The van der Waals surface area contributed by atoms with Gasteiger partial charge in [-0.2, -0.15) is 0 Å². The lowest BCUT2D eigenvalue weighted by molar-refractivity contribution is -0.125. The van der Waals surface area contributed by atoms with Crippen LogP contribution in [0.1, 0.15) is 35.0 Å². The number of pyridine rings is 1. The van der Waals surface area contributed by atoms with E-state index in [4.69, 9.17) is 4.98 Å². The zero-order chi connectivity index (χ0) is 25.9. The molecule has 1 spiro atoms. The van der Waals surface area contributed by atoms with Crippen LogP contribution in [-0.2, 0) is 4.79 Å². The third-order valence-electron chi connectivity index (χ3n) is 8.00. The predicted molar refractivity (Wildman–Crippen MR) is 149 cm³/mol. The average Bonchev–Trinajstić information content (AvgIpc) is 3.71. The number of aromatic amines is 1. The van der Waals surface area contributed by atoms with Crippen molar-refractivity contribution in [2.75, 3.05) is 18.4 Å². The van der Waals surface area contributed by atoms with Gasteiger partial charge in [-0.05, 0) is 67.2 Å². The van der Waals surface area contributed by atoms with Crippen LogP contribution >= 0.6 is 11.3 Å². The molecule has 0 radical (unpaired) electrons. The minimum absolute atomic E-state index is 0.00526. The highest BCUT2D eigenvalue weighted by Crippen LogP contribution is 2.55. The van der Waals surface area contributed by atoms with Crippen LogP contribution in [0.4, 0.5) is 5.95 Å². The summed E-state index contributed by atoms with van der Waals surface area (Å²) in [5.74, 6) is 0.403. The van der Waals surface area contributed by atoms with Crippen molar-refractivity contribution in [3.05, 3.63) is 78.5 Å². The van der Waals surface area contributed by atoms with Crippen molar-refractivity contribution < 1.29 is 9.59 Å². The summed E-state index contributed by atoms with van der Waals surface area (Å²) in [6.07, 6.45) is 7.96. The number of benzene rings is 1. The molecule has 5 aromatic rings. The minimum atomic E-state index is -0.171. The zero-order valence-corrected chi connectivity index (χ0v) is 21.5. The lowest BCUT2D eigenvalue weighted by Gasteiger charge is -2.46. The molecule has 2 fully saturated rings. The van der Waals surface area contributed by atoms with E-state index in [2.05, 4.69) is 32.5 Å². The summed E-state index contributed by atoms with van der Waals surface area (Å²) in [6, 6.07) is 16.0. The average molecular weight is 523 g/mol. The molecule has 1 aliphatic heterocycles. The van der Waals surface area contributed by atoms with E-state index in [1.807, 2.05) is 53.6 Å². The van der Waals surface area contributed by atoms with Gasteiger partial charge in [0.1, 0.15) is 5.65 Å². The number of fused-ring (bicyclic) bond motifs is 2. The maximum atomic E-state index is 13.4. The molecule has 1 saturated carbocycles. The van der Waals surface area contributed by atoms with Crippen molar-refractivity contribution in [2.24, 2.45) is 5.41 Å². The van der Waals surface area contributed by atoms with Crippen LogP contribution in [0, 0.1) is 5.41 Å². The highest BCUT2D eigenvalue weighted by Gasteiger charge is 2.50. The fraction of sp³-hybridized carbons (Fsp3) is 0.241. The Balaban J connectivity index is 1.15. The molecule has 0 atom stereocenters. The SMILES string of the molecule is C=CC(=O)N1CCC2(CC(n3c(NC(=O)c4ccc(-c5ccnc6[nH]ccc56)s4)nc4ccccc43)C2)C1. The highest BCUT2D eigenvalue weighted by atomic mass is 32.1. The third kappa shape index (κ3) is 3.65. The van der Waals surface area contributed by atoms with Crippen LogP contribution in [0.2, 0.25) is 0 Å². The Labute approximate surface area is 223 Å². The van der Waals surface area contributed by atoms with Gasteiger partial charge in [-0.3, -0.25) is 14.9 Å². The predicted octanol–water partition coefficient (Wildman–Crippen LogP) is 5.63. The summed E-state index contributed by atoms with van der Waals surface area (Å²) in [7, 11) is 0. The Morgan fingerprint density at radius 2 is 2.03 bits per heavy atom. The van der Waals surface area contributed by atoms with Crippen LogP contribution in [0.5, 0.6) is 0 Å². The number of rotatable bonds is 5. The molecule has 1 aliphatic carbocycles. The minimum Gasteiger partial charge on any atom is -0.346 e.